The molecule has 0 bridgehead atoms. The summed E-state index contributed by atoms with van der Waals surface area (Å²) in [6, 6.07) is -0.939. The van der Waals surface area contributed by atoms with E-state index in [1.807, 2.05) is 6.08 Å². The number of aliphatic hydroxyl groups is 8. The van der Waals surface area contributed by atoms with Crippen LogP contribution in [0.5, 0.6) is 0 Å². The fourth-order valence-electron chi connectivity index (χ4n) is 10.2. The van der Waals surface area contributed by atoms with E-state index in [4.69, 9.17) is 18.9 Å². The van der Waals surface area contributed by atoms with Crippen LogP contribution in [0, 0.1) is 0 Å². The van der Waals surface area contributed by atoms with Crippen LogP contribution in [0.4, 0.5) is 0 Å². The molecule has 81 heavy (non-hydrogen) atoms. The Kier molecular flexibility index (Phi) is 47.3. The van der Waals surface area contributed by atoms with Gasteiger partial charge in [-0.2, -0.15) is 0 Å². The number of amides is 1. The zero-order chi connectivity index (χ0) is 58.8. The molecule has 0 aromatic heterocycles. The molecule has 0 aromatic rings. The van der Waals surface area contributed by atoms with Gasteiger partial charge in [-0.25, -0.2) is 0 Å². The Balaban J connectivity index is 1.74. The lowest BCUT2D eigenvalue weighted by Crippen LogP contribution is -2.65. The molecule has 468 valence electrons. The Morgan fingerprint density at radius 1 is 0.457 bits per heavy atom. The number of hydrogen-bond donors (Lipinski definition) is 9. The van der Waals surface area contributed by atoms with Gasteiger partial charge in [0.15, 0.2) is 12.6 Å². The zero-order valence-corrected chi connectivity index (χ0v) is 50.5. The second kappa shape index (κ2) is 51.6. The lowest BCUT2D eigenvalue weighted by molar-refractivity contribution is -0.359. The van der Waals surface area contributed by atoms with Crippen LogP contribution in [0.2, 0.25) is 0 Å². The van der Waals surface area contributed by atoms with E-state index in [1.54, 1.807) is 6.08 Å². The van der Waals surface area contributed by atoms with Crippen LogP contribution in [0.1, 0.15) is 239 Å². The van der Waals surface area contributed by atoms with Crippen molar-refractivity contribution in [2.45, 2.75) is 312 Å². The third-order valence-electron chi connectivity index (χ3n) is 15.3. The molecule has 2 aliphatic rings. The molecule has 0 saturated carbocycles. The topological polar surface area (TPSA) is 228 Å². The second-order valence-electron chi connectivity index (χ2n) is 22.5. The summed E-state index contributed by atoms with van der Waals surface area (Å²) in [5, 5.41) is 87.2. The summed E-state index contributed by atoms with van der Waals surface area (Å²) in [5.41, 5.74) is 0. The Morgan fingerprint density at radius 3 is 1.36 bits per heavy atom. The third kappa shape index (κ3) is 36.6. The van der Waals surface area contributed by atoms with Gasteiger partial charge in [-0.05, 0) is 77.0 Å². The number of hydrogen-bond acceptors (Lipinski definition) is 13. The monoisotopic (exact) mass is 1140 g/mol. The summed E-state index contributed by atoms with van der Waals surface area (Å²) >= 11 is 0. The Morgan fingerprint density at radius 2 is 0.864 bits per heavy atom. The molecule has 2 aliphatic heterocycles. The highest BCUT2D eigenvalue weighted by atomic mass is 16.7. The van der Waals surface area contributed by atoms with Crippen LogP contribution in [0.25, 0.3) is 0 Å². The minimum Gasteiger partial charge on any atom is -0.394 e. The first-order chi connectivity index (χ1) is 39.6. The maximum Gasteiger partial charge on any atom is 0.220 e. The van der Waals surface area contributed by atoms with Crippen molar-refractivity contribution in [3.63, 3.8) is 0 Å². The van der Waals surface area contributed by atoms with Crippen molar-refractivity contribution in [2.75, 3.05) is 19.8 Å². The van der Waals surface area contributed by atoms with Gasteiger partial charge in [0.2, 0.25) is 5.91 Å². The summed E-state index contributed by atoms with van der Waals surface area (Å²) in [4.78, 5) is 13.3. The largest absolute Gasteiger partial charge is 0.394 e. The van der Waals surface area contributed by atoms with Crippen molar-refractivity contribution in [3.8, 4) is 0 Å². The molecular formula is C67H117NO13. The molecule has 14 heteroatoms. The number of carbonyl (C=O) groups is 1. The van der Waals surface area contributed by atoms with E-state index in [1.165, 1.54) is 135 Å². The smallest absolute Gasteiger partial charge is 0.220 e. The van der Waals surface area contributed by atoms with Gasteiger partial charge in [0.25, 0.3) is 0 Å². The average Bonchev–Trinajstić information content (AvgIpc) is 3.62. The molecule has 0 spiro atoms. The minimum absolute atomic E-state index is 0.254. The van der Waals surface area contributed by atoms with Crippen molar-refractivity contribution < 1.29 is 64.6 Å². The quantitative estimate of drug-likeness (QED) is 0.0204. The number of allylic oxidation sites excluding steroid dienone is 13. The van der Waals surface area contributed by atoms with Gasteiger partial charge < -0.3 is 65.1 Å². The maximum atomic E-state index is 13.3. The highest BCUT2D eigenvalue weighted by molar-refractivity contribution is 5.76. The molecule has 9 N–H and O–H groups in total. The zero-order valence-electron chi connectivity index (χ0n) is 50.5. The number of carbonyl (C=O) groups excluding carboxylic acids is 1. The van der Waals surface area contributed by atoms with Crippen LogP contribution in [-0.2, 0) is 23.7 Å². The first-order valence-corrected chi connectivity index (χ1v) is 32.3. The normalized spacial score (nSPS) is 24.7. The van der Waals surface area contributed by atoms with Crippen LogP contribution >= 0.6 is 0 Å². The second-order valence-corrected chi connectivity index (χ2v) is 22.5. The van der Waals surface area contributed by atoms with E-state index in [-0.39, 0.29) is 18.9 Å². The number of ether oxygens (including phenoxy) is 4. The Bertz CT molecular complexity index is 1680. The van der Waals surface area contributed by atoms with E-state index in [0.717, 1.165) is 70.6 Å². The molecular weight excluding hydrogens is 1030 g/mol. The fraction of sp³-hybridized carbons (Fsp3) is 0.776. The van der Waals surface area contributed by atoms with Crippen LogP contribution in [0.3, 0.4) is 0 Å². The van der Waals surface area contributed by atoms with Crippen LogP contribution < -0.4 is 5.32 Å². The minimum atomic E-state index is -1.79. The number of rotatable bonds is 51. The molecule has 12 atom stereocenters. The summed E-state index contributed by atoms with van der Waals surface area (Å²) in [6.07, 6.45) is 53.3. The predicted molar refractivity (Wildman–Crippen MR) is 327 cm³/mol. The highest BCUT2D eigenvalue weighted by Gasteiger charge is 2.51. The molecule has 0 radical (unpaired) electrons. The van der Waals surface area contributed by atoms with Gasteiger partial charge in [0.1, 0.15) is 48.8 Å². The van der Waals surface area contributed by atoms with Crippen molar-refractivity contribution in [1.29, 1.82) is 0 Å². The maximum absolute atomic E-state index is 13.3. The molecule has 2 fully saturated rings. The fourth-order valence-corrected chi connectivity index (χ4v) is 10.2. The van der Waals surface area contributed by atoms with E-state index < -0.39 is 86.8 Å². The van der Waals surface area contributed by atoms with E-state index in [9.17, 15) is 45.6 Å². The lowest BCUT2D eigenvalue weighted by Gasteiger charge is -2.46. The summed E-state index contributed by atoms with van der Waals surface area (Å²) < 4.78 is 22.8. The van der Waals surface area contributed by atoms with Gasteiger partial charge in [0, 0.05) is 6.42 Å². The van der Waals surface area contributed by atoms with Crippen LogP contribution in [-0.4, -0.2) is 140 Å². The van der Waals surface area contributed by atoms with E-state index in [0.29, 0.717) is 12.8 Å². The standard InChI is InChI=1S/C67H117NO13/c1-3-5-7-9-11-13-15-17-19-21-23-25-26-27-28-29-30-31-33-35-37-39-41-43-45-47-49-51-59(72)68-55(56(71)50-48-46-44-42-40-38-36-34-32-24-22-20-18-16-14-12-10-8-6-4-2)54-78-66-64(77)62(75)65(58(53-70)80-66)81-67-63(76)61(74)60(73)57(52-69)79-67/h5,7,11,13,17,19,23,25,27-28,40,42,48,50,55-58,60-67,69-71,73-77H,3-4,6,8-10,12,14-16,18,20-22,24,26,29-39,41,43-47,49,51-54H2,1-2H3,(H,68,72)/b7-5-,13-11-,19-17-,25-23-,28-27-,42-40+,50-48+. The van der Waals surface area contributed by atoms with Crippen molar-refractivity contribution >= 4 is 5.91 Å². The first kappa shape index (κ1) is 74.3. The van der Waals surface area contributed by atoms with Crippen LogP contribution in [0.15, 0.2) is 85.1 Å². The molecule has 14 nitrogen and oxygen atoms in total. The van der Waals surface area contributed by atoms with E-state index >= 15 is 0 Å². The van der Waals surface area contributed by atoms with Gasteiger partial charge in [-0.15, -0.1) is 0 Å². The van der Waals surface area contributed by atoms with Crippen molar-refractivity contribution in [1.82, 2.24) is 5.32 Å². The van der Waals surface area contributed by atoms with Crippen molar-refractivity contribution in [2.24, 2.45) is 0 Å². The Labute approximate surface area is 491 Å². The average molecular weight is 1140 g/mol. The third-order valence-corrected chi connectivity index (χ3v) is 15.3. The highest BCUT2D eigenvalue weighted by Crippen LogP contribution is 2.30. The number of nitrogens with one attached hydrogen (secondary N) is 1. The van der Waals surface area contributed by atoms with Gasteiger partial charge >= 0.3 is 0 Å². The van der Waals surface area contributed by atoms with Gasteiger partial charge in [-0.3, -0.25) is 4.79 Å². The number of unbranched alkanes of at least 4 members (excludes halogenated alkanes) is 26. The molecule has 2 heterocycles. The molecule has 12 unspecified atom stereocenters. The molecule has 0 aliphatic carbocycles. The first-order valence-electron chi connectivity index (χ1n) is 32.3. The van der Waals surface area contributed by atoms with Gasteiger partial charge in [-0.1, -0.05) is 240 Å². The molecule has 0 aromatic carbocycles. The summed E-state index contributed by atoms with van der Waals surface area (Å²) in [5.74, 6) is -0.254. The summed E-state index contributed by atoms with van der Waals surface area (Å²) in [6.45, 7) is 2.67. The SMILES string of the molecule is CC/C=C\C/C=C\C/C=C\C/C=C\C/C=C\CCCCCCCCCCCCCC(=O)NC(COC1OC(CO)C(OC2OC(CO)C(O)C(O)C2O)C(O)C1O)C(O)/C=C/CC/C=C/CCCCCCCCCCCCCCCC. The predicted octanol–water partition coefficient (Wildman–Crippen LogP) is 12.1. The lowest BCUT2D eigenvalue weighted by atomic mass is 9.97. The van der Waals surface area contributed by atoms with E-state index in [2.05, 4.69) is 92.1 Å². The summed E-state index contributed by atoms with van der Waals surface area (Å²) in [7, 11) is 0. The van der Waals surface area contributed by atoms with Crippen molar-refractivity contribution in [3.05, 3.63) is 85.1 Å². The molecule has 1 amide bonds. The molecule has 2 saturated heterocycles. The molecule has 2 rings (SSSR count). The Hall–Kier alpha value is -2.83. The van der Waals surface area contributed by atoms with Gasteiger partial charge in [0.05, 0.1) is 32.0 Å². The number of aliphatic hydroxyl groups excluding tert-OH is 8.